The van der Waals surface area contributed by atoms with Crippen LogP contribution in [0.5, 0.6) is 0 Å². The molecule has 2 aliphatic carbocycles. The van der Waals surface area contributed by atoms with Gasteiger partial charge in [-0.15, -0.1) is 0 Å². The summed E-state index contributed by atoms with van der Waals surface area (Å²) < 4.78 is 1.18. The van der Waals surface area contributed by atoms with Crippen molar-refractivity contribution in [2.75, 3.05) is 32.7 Å². The molecule has 0 spiro atoms. The molecule has 2 fully saturated rings. The van der Waals surface area contributed by atoms with Gasteiger partial charge in [-0.25, -0.2) is 0 Å². The van der Waals surface area contributed by atoms with E-state index in [1.807, 2.05) is 4.90 Å². The first-order valence-electron chi connectivity index (χ1n) is 8.86. The van der Waals surface area contributed by atoms with Crippen LogP contribution in [-0.2, 0) is 6.54 Å². The fraction of sp³-hybridized carbons (Fsp3) is 0.579. The van der Waals surface area contributed by atoms with Crippen LogP contribution >= 0.6 is 15.9 Å². The van der Waals surface area contributed by atoms with Crippen LogP contribution in [0.2, 0.25) is 0 Å². The lowest BCUT2D eigenvalue weighted by Crippen LogP contribution is -3.27. The van der Waals surface area contributed by atoms with Gasteiger partial charge in [0.25, 0.3) is 0 Å². The largest absolute Gasteiger partial charge is 0.325 e. The van der Waals surface area contributed by atoms with Crippen LogP contribution in [0.15, 0.2) is 40.9 Å². The first-order valence-corrected chi connectivity index (χ1v) is 9.65. The van der Waals surface area contributed by atoms with E-state index < -0.39 is 0 Å². The molecule has 2 nitrogen and oxygen atoms in total. The van der Waals surface area contributed by atoms with E-state index in [0.717, 1.165) is 17.8 Å². The number of halogens is 1. The summed E-state index contributed by atoms with van der Waals surface area (Å²) in [5, 5.41) is 0. The van der Waals surface area contributed by atoms with Crippen LogP contribution in [0.1, 0.15) is 18.4 Å². The lowest BCUT2D eigenvalue weighted by molar-refractivity contribution is -1.02. The van der Waals surface area contributed by atoms with Gasteiger partial charge in [-0.1, -0.05) is 40.2 Å². The van der Waals surface area contributed by atoms with Crippen molar-refractivity contribution in [1.29, 1.82) is 0 Å². The Balaban J connectivity index is 1.24. The van der Waals surface area contributed by atoms with E-state index in [2.05, 4.69) is 52.3 Å². The Morgan fingerprint density at radius 3 is 2.27 bits per heavy atom. The lowest BCUT2D eigenvalue weighted by atomic mass is 9.93. The summed E-state index contributed by atoms with van der Waals surface area (Å²) in [4.78, 5) is 3.63. The number of quaternary nitrogens is 2. The topological polar surface area (TPSA) is 8.88 Å². The molecular formula is C19H27BrN2+2. The number of allylic oxidation sites excluding steroid dienone is 2. The number of fused-ring (bicyclic) bond motifs is 2. The molecule has 1 saturated heterocycles. The van der Waals surface area contributed by atoms with Crippen LogP contribution in [0, 0.1) is 17.8 Å². The summed E-state index contributed by atoms with van der Waals surface area (Å²) in [5.74, 6) is 2.84. The Kier molecular flexibility index (Phi) is 4.38. The Morgan fingerprint density at radius 2 is 1.64 bits per heavy atom. The molecule has 1 aromatic carbocycles. The zero-order valence-electron chi connectivity index (χ0n) is 13.2. The smallest absolute Gasteiger partial charge is 0.127 e. The van der Waals surface area contributed by atoms with Crippen LogP contribution in [0.3, 0.4) is 0 Å². The molecule has 1 saturated carbocycles. The number of hydrogen-bond donors (Lipinski definition) is 2. The van der Waals surface area contributed by atoms with E-state index in [9.17, 15) is 0 Å². The second kappa shape index (κ2) is 6.46. The predicted octanol–water partition coefficient (Wildman–Crippen LogP) is 0.945. The molecule has 0 amide bonds. The number of rotatable bonds is 4. The molecular weight excluding hydrogens is 336 g/mol. The van der Waals surface area contributed by atoms with Crippen molar-refractivity contribution in [3.8, 4) is 0 Å². The Bertz CT molecular complexity index is 531. The van der Waals surface area contributed by atoms with Gasteiger partial charge in [0.05, 0.1) is 6.54 Å². The van der Waals surface area contributed by atoms with E-state index in [-0.39, 0.29) is 0 Å². The van der Waals surface area contributed by atoms with Crippen molar-refractivity contribution < 1.29 is 9.80 Å². The molecule has 3 atom stereocenters. The highest BCUT2D eigenvalue weighted by molar-refractivity contribution is 9.10. The van der Waals surface area contributed by atoms with E-state index in [1.165, 1.54) is 62.1 Å². The van der Waals surface area contributed by atoms with E-state index in [0.29, 0.717) is 0 Å². The second-order valence-corrected chi connectivity index (χ2v) is 8.46. The van der Waals surface area contributed by atoms with Crippen molar-refractivity contribution in [1.82, 2.24) is 0 Å². The fourth-order valence-corrected chi connectivity index (χ4v) is 4.99. The van der Waals surface area contributed by atoms with Crippen molar-refractivity contribution in [3.63, 3.8) is 0 Å². The zero-order valence-corrected chi connectivity index (χ0v) is 14.8. The second-order valence-electron chi connectivity index (χ2n) is 7.55. The van der Waals surface area contributed by atoms with Gasteiger partial charge in [-0.3, -0.25) is 0 Å². The molecule has 3 heteroatoms. The normalized spacial score (nSPS) is 36.9. The molecule has 2 N–H and O–H groups in total. The number of benzene rings is 1. The molecule has 0 unspecified atom stereocenters. The molecule has 22 heavy (non-hydrogen) atoms. The molecule has 1 aliphatic heterocycles. The summed E-state index contributed by atoms with van der Waals surface area (Å²) in [7, 11) is 0. The molecule has 1 heterocycles. The summed E-state index contributed by atoms with van der Waals surface area (Å²) in [6.07, 6.45) is 7.91. The van der Waals surface area contributed by atoms with Gasteiger partial charge in [0.1, 0.15) is 32.7 Å². The third-order valence-electron chi connectivity index (χ3n) is 6.00. The summed E-state index contributed by atoms with van der Waals surface area (Å²) in [6.45, 7) is 8.02. The zero-order chi connectivity index (χ0) is 14.9. The van der Waals surface area contributed by atoms with Crippen molar-refractivity contribution in [2.45, 2.75) is 19.4 Å². The monoisotopic (exact) mass is 362 g/mol. The number of hydrogen-bond acceptors (Lipinski definition) is 0. The Morgan fingerprint density at radius 1 is 0.909 bits per heavy atom. The SMILES string of the molecule is Brc1ccc(C[NH+]2CC[NH+](C[C@H]3C[C@@H]4C=C[C@H]3C4)CC2)cc1. The molecule has 0 aromatic heterocycles. The molecule has 0 radical (unpaired) electrons. The van der Waals surface area contributed by atoms with Gasteiger partial charge >= 0.3 is 0 Å². The first-order chi connectivity index (χ1) is 10.8. The van der Waals surface area contributed by atoms with Crippen molar-refractivity contribution in [3.05, 3.63) is 46.5 Å². The van der Waals surface area contributed by atoms with Gasteiger partial charge in [-0.05, 0) is 36.8 Å². The maximum Gasteiger partial charge on any atom is 0.127 e. The van der Waals surface area contributed by atoms with Gasteiger partial charge in [0.15, 0.2) is 0 Å². The average Bonchev–Trinajstić information content (AvgIpc) is 3.14. The Labute approximate surface area is 142 Å². The first kappa shape index (κ1) is 14.9. The highest BCUT2D eigenvalue weighted by Gasteiger charge is 2.38. The Hall–Kier alpha value is -0.640. The highest BCUT2D eigenvalue weighted by Crippen LogP contribution is 2.42. The fourth-order valence-electron chi connectivity index (χ4n) is 4.73. The van der Waals surface area contributed by atoms with Gasteiger partial charge in [0, 0.05) is 16.0 Å². The van der Waals surface area contributed by atoms with Crippen LogP contribution in [0.4, 0.5) is 0 Å². The predicted molar refractivity (Wildman–Crippen MR) is 93.0 cm³/mol. The molecule has 4 rings (SSSR count). The molecule has 118 valence electrons. The number of nitrogens with one attached hydrogen (secondary N) is 2. The summed E-state index contributed by atoms with van der Waals surface area (Å²) >= 11 is 3.52. The minimum atomic E-state index is 0.922. The van der Waals surface area contributed by atoms with Crippen LogP contribution in [-0.4, -0.2) is 32.7 Å². The lowest BCUT2D eigenvalue weighted by Gasteiger charge is -2.32. The van der Waals surface area contributed by atoms with Crippen molar-refractivity contribution in [2.24, 2.45) is 17.8 Å². The quantitative estimate of drug-likeness (QED) is 0.737. The molecule has 2 bridgehead atoms. The summed E-state index contributed by atoms with van der Waals surface area (Å²) in [6, 6.07) is 8.85. The maximum absolute atomic E-state index is 3.52. The number of piperazine rings is 1. The minimum Gasteiger partial charge on any atom is -0.325 e. The van der Waals surface area contributed by atoms with Crippen molar-refractivity contribution >= 4 is 15.9 Å². The van der Waals surface area contributed by atoms with Gasteiger partial charge < -0.3 is 9.80 Å². The maximum atomic E-state index is 3.52. The van der Waals surface area contributed by atoms with Crippen LogP contribution < -0.4 is 9.80 Å². The molecule has 1 aromatic rings. The minimum absolute atomic E-state index is 0.922. The molecule has 3 aliphatic rings. The van der Waals surface area contributed by atoms with E-state index in [1.54, 1.807) is 4.90 Å². The standard InChI is InChI=1S/C19H25BrN2/c20-19-5-2-15(3-6-19)13-21-7-9-22(10-8-21)14-18-12-16-1-4-17(18)11-16/h1-6,16-18H,7-14H2/p+2/t16-,17+,18-/m1/s1. The third-order valence-corrected chi connectivity index (χ3v) is 6.53. The van der Waals surface area contributed by atoms with E-state index in [4.69, 9.17) is 0 Å². The van der Waals surface area contributed by atoms with Crippen LogP contribution in [0.25, 0.3) is 0 Å². The average molecular weight is 363 g/mol. The highest BCUT2D eigenvalue weighted by atomic mass is 79.9. The van der Waals surface area contributed by atoms with E-state index >= 15 is 0 Å². The van der Waals surface area contributed by atoms with Gasteiger partial charge in [0.2, 0.25) is 0 Å². The van der Waals surface area contributed by atoms with Gasteiger partial charge in [-0.2, -0.15) is 0 Å². The summed E-state index contributed by atoms with van der Waals surface area (Å²) in [5.41, 5.74) is 1.47. The third kappa shape index (κ3) is 3.32.